The molecular formula is C28H19ClN6S. The van der Waals surface area contributed by atoms with E-state index in [0.717, 1.165) is 43.9 Å². The third-order valence-corrected chi connectivity index (χ3v) is 6.92. The molecule has 0 fully saturated rings. The number of aromatic nitrogens is 4. The molecule has 0 saturated carbocycles. The number of nitrogens with one attached hydrogen (secondary N) is 1. The summed E-state index contributed by atoms with van der Waals surface area (Å²) in [7, 11) is 0. The third kappa shape index (κ3) is 4.37. The SMILES string of the molecule is Clc1ccc(-c2nn(-c3ccccc3)cc2/C=N/Nc2ncnc3c(-c4ccccc4)csc23)cc1. The van der Waals surface area contributed by atoms with Gasteiger partial charge in [0.05, 0.1) is 22.1 Å². The van der Waals surface area contributed by atoms with E-state index in [1.54, 1.807) is 23.9 Å². The van der Waals surface area contributed by atoms with Crippen LogP contribution in [0.2, 0.25) is 5.02 Å². The molecular weight excluding hydrogens is 488 g/mol. The second kappa shape index (κ2) is 9.73. The van der Waals surface area contributed by atoms with Gasteiger partial charge in [0.25, 0.3) is 0 Å². The Balaban J connectivity index is 1.34. The number of anilines is 1. The van der Waals surface area contributed by atoms with Crippen molar-refractivity contribution in [1.82, 2.24) is 19.7 Å². The lowest BCUT2D eigenvalue weighted by Crippen LogP contribution is -1.95. The minimum atomic E-state index is 0.659. The van der Waals surface area contributed by atoms with Gasteiger partial charge in [0, 0.05) is 33.3 Å². The van der Waals surface area contributed by atoms with E-state index in [2.05, 4.69) is 38.0 Å². The van der Waals surface area contributed by atoms with Gasteiger partial charge >= 0.3 is 0 Å². The molecule has 174 valence electrons. The molecule has 8 heteroatoms. The minimum absolute atomic E-state index is 0.659. The van der Waals surface area contributed by atoms with Gasteiger partial charge in [-0.15, -0.1) is 11.3 Å². The number of thiophene rings is 1. The van der Waals surface area contributed by atoms with E-state index in [0.29, 0.717) is 10.8 Å². The van der Waals surface area contributed by atoms with Gasteiger partial charge in [-0.25, -0.2) is 14.6 Å². The summed E-state index contributed by atoms with van der Waals surface area (Å²) in [6.07, 6.45) is 5.28. The van der Waals surface area contributed by atoms with Gasteiger partial charge in [-0.1, -0.05) is 72.3 Å². The number of benzene rings is 3. The Hall–Kier alpha value is -4.33. The van der Waals surface area contributed by atoms with E-state index in [1.807, 2.05) is 83.7 Å². The van der Waals surface area contributed by atoms with Crippen LogP contribution in [-0.2, 0) is 0 Å². The molecule has 0 aliphatic carbocycles. The Morgan fingerprint density at radius 2 is 1.61 bits per heavy atom. The monoisotopic (exact) mass is 506 g/mol. The van der Waals surface area contributed by atoms with Crippen molar-refractivity contribution < 1.29 is 0 Å². The Labute approximate surface area is 216 Å². The van der Waals surface area contributed by atoms with Crippen LogP contribution in [0, 0.1) is 0 Å². The molecule has 3 aromatic carbocycles. The largest absolute Gasteiger partial charge is 0.260 e. The summed E-state index contributed by atoms with van der Waals surface area (Å²) in [5.41, 5.74) is 9.79. The van der Waals surface area contributed by atoms with Crippen molar-refractivity contribution in [3.63, 3.8) is 0 Å². The van der Waals surface area contributed by atoms with Crippen LogP contribution < -0.4 is 5.43 Å². The van der Waals surface area contributed by atoms with Gasteiger partial charge in [0.2, 0.25) is 0 Å². The average molecular weight is 507 g/mol. The second-order valence-corrected chi connectivity index (χ2v) is 9.32. The first kappa shape index (κ1) is 22.2. The highest BCUT2D eigenvalue weighted by Crippen LogP contribution is 2.35. The molecule has 0 amide bonds. The number of fused-ring (bicyclic) bond motifs is 1. The van der Waals surface area contributed by atoms with Gasteiger partial charge in [-0.2, -0.15) is 10.2 Å². The van der Waals surface area contributed by atoms with E-state index >= 15 is 0 Å². The Morgan fingerprint density at radius 1 is 0.861 bits per heavy atom. The topological polar surface area (TPSA) is 68.0 Å². The third-order valence-electron chi connectivity index (χ3n) is 5.69. The zero-order valence-electron chi connectivity index (χ0n) is 18.9. The fourth-order valence-corrected chi connectivity index (χ4v) is 5.04. The van der Waals surface area contributed by atoms with E-state index in [9.17, 15) is 0 Å². The summed E-state index contributed by atoms with van der Waals surface area (Å²) in [5, 5.41) is 12.1. The number of rotatable bonds is 6. The predicted octanol–water partition coefficient (Wildman–Crippen LogP) is 7.31. The van der Waals surface area contributed by atoms with Crippen LogP contribution in [-0.4, -0.2) is 26.0 Å². The number of hydrogen-bond acceptors (Lipinski definition) is 6. The van der Waals surface area contributed by atoms with Crippen LogP contribution in [0.25, 0.3) is 38.3 Å². The van der Waals surface area contributed by atoms with Crippen molar-refractivity contribution in [3.8, 4) is 28.1 Å². The summed E-state index contributed by atoms with van der Waals surface area (Å²) in [6, 6.07) is 27.8. The van der Waals surface area contributed by atoms with Crippen molar-refractivity contribution in [2.45, 2.75) is 0 Å². The molecule has 6 nitrogen and oxygen atoms in total. The molecule has 0 bridgehead atoms. The Bertz CT molecular complexity index is 1660. The van der Waals surface area contributed by atoms with Gasteiger partial charge in [-0.3, -0.25) is 5.43 Å². The molecule has 0 aliphatic heterocycles. The summed E-state index contributed by atoms with van der Waals surface area (Å²) in [6.45, 7) is 0. The van der Waals surface area contributed by atoms with Gasteiger partial charge in [0.15, 0.2) is 5.82 Å². The van der Waals surface area contributed by atoms with Crippen LogP contribution in [0.5, 0.6) is 0 Å². The van der Waals surface area contributed by atoms with Crippen molar-refractivity contribution in [2.24, 2.45) is 5.10 Å². The average Bonchev–Trinajstić information content (AvgIpc) is 3.56. The number of hydrogen-bond donors (Lipinski definition) is 1. The molecule has 0 saturated heterocycles. The summed E-state index contributed by atoms with van der Waals surface area (Å²) >= 11 is 7.70. The van der Waals surface area contributed by atoms with Crippen molar-refractivity contribution >= 4 is 45.2 Å². The maximum atomic E-state index is 6.11. The molecule has 0 radical (unpaired) electrons. The second-order valence-electron chi connectivity index (χ2n) is 8.01. The quantitative estimate of drug-likeness (QED) is 0.190. The highest BCUT2D eigenvalue weighted by atomic mass is 35.5. The maximum absolute atomic E-state index is 6.11. The van der Waals surface area contributed by atoms with Gasteiger partial charge in [0.1, 0.15) is 12.0 Å². The molecule has 1 N–H and O–H groups in total. The summed E-state index contributed by atoms with van der Waals surface area (Å²) < 4.78 is 2.80. The van der Waals surface area contributed by atoms with Crippen LogP contribution in [0.4, 0.5) is 5.82 Å². The van der Waals surface area contributed by atoms with Crippen molar-refractivity contribution in [2.75, 3.05) is 5.43 Å². The van der Waals surface area contributed by atoms with Crippen LogP contribution >= 0.6 is 22.9 Å². The summed E-state index contributed by atoms with van der Waals surface area (Å²) in [4.78, 5) is 8.95. The van der Waals surface area contributed by atoms with Crippen LogP contribution in [0.1, 0.15) is 5.56 Å². The first-order chi connectivity index (χ1) is 17.8. The fourth-order valence-electron chi connectivity index (χ4n) is 3.94. The number of para-hydroxylation sites is 1. The van der Waals surface area contributed by atoms with Crippen molar-refractivity contribution in [3.05, 3.63) is 113 Å². The molecule has 0 atom stereocenters. The molecule has 0 aliphatic rings. The zero-order chi connectivity index (χ0) is 24.3. The lowest BCUT2D eigenvalue weighted by atomic mass is 10.1. The lowest BCUT2D eigenvalue weighted by molar-refractivity contribution is 0.884. The van der Waals surface area contributed by atoms with E-state index in [-0.39, 0.29) is 0 Å². The fraction of sp³-hybridized carbons (Fsp3) is 0. The van der Waals surface area contributed by atoms with Crippen LogP contribution in [0.15, 0.2) is 108 Å². The minimum Gasteiger partial charge on any atom is -0.260 e. The molecule has 36 heavy (non-hydrogen) atoms. The maximum Gasteiger partial charge on any atom is 0.167 e. The van der Waals surface area contributed by atoms with Crippen molar-refractivity contribution in [1.29, 1.82) is 0 Å². The normalized spacial score (nSPS) is 11.4. The molecule has 6 aromatic rings. The molecule has 3 aromatic heterocycles. The highest BCUT2D eigenvalue weighted by molar-refractivity contribution is 7.18. The smallest absolute Gasteiger partial charge is 0.167 e. The zero-order valence-corrected chi connectivity index (χ0v) is 20.5. The molecule has 6 rings (SSSR count). The summed E-state index contributed by atoms with van der Waals surface area (Å²) in [5.74, 6) is 0.659. The van der Waals surface area contributed by atoms with E-state index < -0.39 is 0 Å². The Kier molecular flexibility index (Phi) is 5.99. The van der Waals surface area contributed by atoms with E-state index in [1.165, 1.54) is 0 Å². The number of nitrogens with zero attached hydrogens (tertiary/aromatic N) is 5. The molecule has 0 unspecified atom stereocenters. The Morgan fingerprint density at radius 3 is 2.39 bits per heavy atom. The number of hydrazone groups is 1. The first-order valence-corrected chi connectivity index (χ1v) is 12.5. The van der Waals surface area contributed by atoms with Crippen LogP contribution in [0.3, 0.4) is 0 Å². The standard InChI is InChI=1S/C28H19ClN6S/c29-22-13-11-20(12-14-22)25-21(16-35(34-25)23-9-5-2-6-10-23)15-32-33-28-27-26(30-18-31-28)24(17-36-27)19-7-3-1-4-8-19/h1-18H,(H,30,31,33)/b32-15+. The highest BCUT2D eigenvalue weighted by Gasteiger charge is 2.13. The molecule has 0 spiro atoms. The first-order valence-electron chi connectivity index (χ1n) is 11.2. The number of halogens is 1. The predicted molar refractivity (Wildman–Crippen MR) is 148 cm³/mol. The van der Waals surface area contributed by atoms with Gasteiger partial charge in [-0.05, 0) is 29.8 Å². The lowest BCUT2D eigenvalue weighted by Gasteiger charge is -2.02. The molecule has 3 heterocycles. The van der Waals surface area contributed by atoms with E-state index in [4.69, 9.17) is 16.7 Å². The van der Waals surface area contributed by atoms with Gasteiger partial charge < -0.3 is 0 Å².